The van der Waals surface area contributed by atoms with Crippen LogP contribution in [0.25, 0.3) is 0 Å². The third-order valence-electron chi connectivity index (χ3n) is 5.69. The van der Waals surface area contributed by atoms with E-state index < -0.39 is 0 Å². The van der Waals surface area contributed by atoms with Crippen molar-refractivity contribution < 1.29 is 0 Å². The largest absolute Gasteiger partial charge is 0.301 e. The Morgan fingerprint density at radius 2 is 1.91 bits per heavy atom. The minimum atomic E-state index is 0.377. The van der Waals surface area contributed by atoms with Gasteiger partial charge in [0, 0.05) is 29.4 Å². The number of benzene rings is 1. The van der Waals surface area contributed by atoms with Gasteiger partial charge in [-0.05, 0) is 50.0 Å². The summed E-state index contributed by atoms with van der Waals surface area (Å²) in [5, 5.41) is 2.19. The second-order valence-electron chi connectivity index (χ2n) is 6.83. The molecule has 2 nitrogen and oxygen atoms in total. The standard InChI is InChI=1S/C19H24N2S/c1-20-11-9-19(16-6-3-2-4-7-16)10-12-21(15-18(19)20)14-17-8-5-13-22-17/h2-8,13,18H,9-12,14-15H2,1H3. The minimum absolute atomic E-state index is 0.377. The lowest BCUT2D eigenvalue weighted by atomic mass is 9.69. The van der Waals surface area contributed by atoms with Gasteiger partial charge in [0.2, 0.25) is 0 Å². The molecule has 2 atom stereocenters. The van der Waals surface area contributed by atoms with E-state index in [0.717, 1.165) is 6.54 Å². The van der Waals surface area contributed by atoms with Crippen molar-refractivity contribution in [2.45, 2.75) is 30.8 Å². The maximum absolute atomic E-state index is 2.65. The first-order chi connectivity index (χ1) is 10.8. The van der Waals surface area contributed by atoms with Gasteiger partial charge in [-0.2, -0.15) is 0 Å². The van der Waals surface area contributed by atoms with E-state index in [1.54, 1.807) is 5.56 Å². The van der Waals surface area contributed by atoms with Crippen LogP contribution in [0.3, 0.4) is 0 Å². The van der Waals surface area contributed by atoms with Crippen molar-refractivity contribution in [1.82, 2.24) is 9.80 Å². The fourth-order valence-corrected chi connectivity index (χ4v) is 5.18. The zero-order valence-corrected chi connectivity index (χ0v) is 14.1. The predicted octanol–water partition coefficient (Wildman–Crippen LogP) is 3.60. The summed E-state index contributed by atoms with van der Waals surface area (Å²) < 4.78 is 0. The van der Waals surface area contributed by atoms with E-state index in [9.17, 15) is 0 Å². The molecule has 0 saturated carbocycles. The highest BCUT2D eigenvalue weighted by atomic mass is 32.1. The van der Waals surface area contributed by atoms with Gasteiger partial charge < -0.3 is 4.90 Å². The van der Waals surface area contributed by atoms with E-state index in [4.69, 9.17) is 0 Å². The fourth-order valence-electron chi connectivity index (χ4n) is 4.44. The Hall–Kier alpha value is -1.16. The number of likely N-dealkylation sites (N-methyl/N-ethyl adjacent to an activating group) is 1. The number of hydrogen-bond donors (Lipinski definition) is 0. The highest BCUT2D eigenvalue weighted by molar-refractivity contribution is 7.09. The van der Waals surface area contributed by atoms with E-state index >= 15 is 0 Å². The molecule has 1 aromatic carbocycles. The molecule has 0 aliphatic carbocycles. The predicted molar refractivity (Wildman–Crippen MR) is 93.4 cm³/mol. The van der Waals surface area contributed by atoms with Crippen LogP contribution in [-0.4, -0.2) is 42.5 Å². The highest BCUT2D eigenvalue weighted by Crippen LogP contribution is 2.45. The molecule has 22 heavy (non-hydrogen) atoms. The second-order valence-corrected chi connectivity index (χ2v) is 7.87. The number of fused-ring (bicyclic) bond motifs is 1. The minimum Gasteiger partial charge on any atom is -0.301 e. The van der Waals surface area contributed by atoms with Crippen molar-refractivity contribution in [1.29, 1.82) is 0 Å². The van der Waals surface area contributed by atoms with Gasteiger partial charge in [-0.25, -0.2) is 0 Å². The summed E-state index contributed by atoms with van der Waals surface area (Å²) in [6.07, 6.45) is 2.60. The summed E-state index contributed by atoms with van der Waals surface area (Å²) in [4.78, 5) is 6.74. The Morgan fingerprint density at radius 3 is 2.68 bits per heavy atom. The second kappa shape index (κ2) is 5.80. The van der Waals surface area contributed by atoms with E-state index in [1.807, 2.05) is 11.3 Å². The molecule has 1 aromatic heterocycles. The molecule has 0 radical (unpaired) electrons. The molecule has 116 valence electrons. The van der Waals surface area contributed by atoms with Gasteiger partial charge in [-0.15, -0.1) is 11.3 Å². The van der Waals surface area contributed by atoms with Gasteiger partial charge in [0.25, 0.3) is 0 Å². The normalized spacial score (nSPS) is 29.6. The van der Waals surface area contributed by atoms with Gasteiger partial charge in [0.05, 0.1) is 0 Å². The van der Waals surface area contributed by atoms with Crippen LogP contribution in [0.5, 0.6) is 0 Å². The van der Waals surface area contributed by atoms with Crippen LogP contribution in [0.4, 0.5) is 0 Å². The van der Waals surface area contributed by atoms with Crippen molar-refractivity contribution >= 4 is 11.3 Å². The summed E-state index contributed by atoms with van der Waals surface area (Å²) in [7, 11) is 2.31. The first-order valence-corrected chi connectivity index (χ1v) is 9.16. The van der Waals surface area contributed by atoms with Crippen molar-refractivity contribution in [3.05, 3.63) is 58.3 Å². The van der Waals surface area contributed by atoms with Crippen molar-refractivity contribution in [2.75, 3.05) is 26.7 Å². The number of nitrogens with zero attached hydrogens (tertiary/aromatic N) is 2. The number of hydrogen-bond acceptors (Lipinski definition) is 3. The molecule has 2 saturated heterocycles. The summed E-state index contributed by atoms with van der Waals surface area (Å²) in [5.41, 5.74) is 1.93. The van der Waals surface area contributed by atoms with Crippen LogP contribution in [0, 0.1) is 0 Å². The highest BCUT2D eigenvalue weighted by Gasteiger charge is 2.49. The van der Waals surface area contributed by atoms with Crippen LogP contribution in [0.15, 0.2) is 47.8 Å². The van der Waals surface area contributed by atoms with E-state index in [2.05, 4.69) is 64.7 Å². The Kier molecular flexibility index (Phi) is 3.81. The first-order valence-electron chi connectivity index (χ1n) is 8.28. The van der Waals surface area contributed by atoms with Crippen LogP contribution in [0.2, 0.25) is 0 Å². The average Bonchev–Trinajstić information content (AvgIpc) is 3.18. The smallest absolute Gasteiger partial charge is 0.0328 e. The van der Waals surface area contributed by atoms with Crippen molar-refractivity contribution in [3.8, 4) is 0 Å². The van der Waals surface area contributed by atoms with Crippen LogP contribution >= 0.6 is 11.3 Å². The first kappa shape index (κ1) is 14.4. The van der Waals surface area contributed by atoms with Crippen LogP contribution in [-0.2, 0) is 12.0 Å². The molecule has 2 aliphatic rings. The Labute approximate surface area is 137 Å². The van der Waals surface area contributed by atoms with Gasteiger partial charge in [-0.3, -0.25) is 4.90 Å². The zero-order valence-electron chi connectivity index (χ0n) is 13.2. The molecule has 0 spiro atoms. The third-order valence-corrected chi connectivity index (χ3v) is 6.56. The lowest BCUT2D eigenvalue weighted by Crippen LogP contribution is -2.54. The van der Waals surface area contributed by atoms with Gasteiger partial charge >= 0.3 is 0 Å². The number of piperidine rings is 1. The number of rotatable bonds is 3. The molecule has 3 heterocycles. The molecule has 0 N–H and O–H groups in total. The molecule has 4 rings (SSSR count). The summed E-state index contributed by atoms with van der Waals surface area (Å²) >= 11 is 1.88. The molecule has 0 amide bonds. The molecular formula is C19H24N2S. The Balaban J connectivity index is 1.57. The van der Waals surface area contributed by atoms with Gasteiger partial charge in [0.1, 0.15) is 0 Å². The van der Waals surface area contributed by atoms with E-state index in [1.165, 1.54) is 37.4 Å². The molecule has 2 aromatic rings. The monoisotopic (exact) mass is 312 g/mol. The molecule has 2 aliphatic heterocycles. The molecular weight excluding hydrogens is 288 g/mol. The Bertz CT molecular complexity index is 610. The summed E-state index contributed by atoms with van der Waals surface area (Å²) in [6, 6.07) is 16.3. The van der Waals surface area contributed by atoms with Crippen LogP contribution < -0.4 is 0 Å². The molecule has 2 unspecified atom stereocenters. The third kappa shape index (κ3) is 2.41. The topological polar surface area (TPSA) is 6.48 Å². The summed E-state index contributed by atoms with van der Waals surface area (Å²) in [6.45, 7) is 4.76. The summed E-state index contributed by atoms with van der Waals surface area (Å²) in [5.74, 6) is 0. The van der Waals surface area contributed by atoms with Crippen molar-refractivity contribution in [2.24, 2.45) is 0 Å². The van der Waals surface area contributed by atoms with Gasteiger partial charge in [-0.1, -0.05) is 36.4 Å². The Morgan fingerprint density at radius 1 is 1.09 bits per heavy atom. The van der Waals surface area contributed by atoms with E-state index in [-0.39, 0.29) is 0 Å². The van der Waals surface area contributed by atoms with Crippen molar-refractivity contribution in [3.63, 3.8) is 0 Å². The number of thiophene rings is 1. The van der Waals surface area contributed by atoms with Gasteiger partial charge in [0.15, 0.2) is 0 Å². The molecule has 0 bridgehead atoms. The molecule has 2 fully saturated rings. The fraction of sp³-hybridized carbons (Fsp3) is 0.474. The lowest BCUT2D eigenvalue weighted by molar-refractivity contribution is 0.0924. The maximum Gasteiger partial charge on any atom is 0.0328 e. The SMILES string of the molecule is CN1CCC2(c3ccccc3)CCN(Cc3cccs3)CC12. The zero-order chi connectivity index (χ0) is 15.0. The van der Waals surface area contributed by atoms with Crippen LogP contribution in [0.1, 0.15) is 23.3 Å². The lowest BCUT2D eigenvalue weighted by Gasteiger charge is -2.46. The number of likely N-dealkylation sites (tertiary alicyclic amines) is 2. The maximum atomic E-state index is 2.65. The average molecular weight is 312 g/mol. The van der Waals surface area contributed by atoms with E-state index in [0.29, 0.717) is 11.5 Å². The quantitative estimate of drug-likeness (QED) is 0.854. The molecule has 3 heteroatoms.